The van der Waals surface area contributed by atoms with Crippen LogP contribution in [0.1, 0.15) is 18.4 Å². The van der Waals surface area contributed by atoms with Crippen LogP contribution in [-0.2, 0) is 20.9 Å². The molecule has 1 unspecified atom stereocenters. The largest absolute Gasteiger partial charge is 0.497 e. The van der Waals surface area contributed by atoms with Gasteiger partial charge in [0.1, 0.15) is 5.75 Å². The van der Waals surface area contributed by atoms with Gasteiger partial charge in [-0.15, -0.1) is 0 Å². The van der Waals surface area contributed by atoms with Crippen LogP contribution in [0.4, 0.5) is 32.0 Å². The topological polar surface area (TPSA) is 120 Å². The molecular formula is C24H25F6N3O6. The number of aliphatic carboxylic acids is 2. The number of alkyl halides is 6. The molecule has 2 N–H and O–H groups in total. The van der Waals surface area contributed by atoms with E-state index in [2.05, 4.69) is 22.0 Å². The van der Waals surface area contributed by atoms with Crippen molar-refractivity contribution in [2.45, 2.75) is 31.7 Å². The molecule has 39 heavy (non-hydrogen) atoms. The molecule has 1 aromatic heterocycles. The minimum absolute atomic E-state index is 0.220. The van der Waals surface area contributed by atoms with Crippen molar-refractivity contribution in [2.24, 2.45) is 5.41 Å². The minimum atomic E-state index is -5.08. The quantitative estimate of drug-likeness (QED) is 0.535. The summed E-state index contributed by atoms with van der Waals surface area (Å²) in [6.07, 6.45) is -4.77. The van der Waals surface area contributed by atoms with Gasteiger partial charge in [-0.2, -0.15) is 26.3 Å². The van der Waals surface area contributed by atoms with E-state index < -0.39 is 24.3 Å². The number of aromatic nitrogens is 1. The van der Waals surface area contributed by atoms with Crippen LogP contribution in [0.25, 0.3) is 0 Å². The Morgan fingerprint density at radius 2 is 1.51 bits per heavy atom. The van der Waals surface area contributed by atoms with Crippen molar-refractivity contribution in [2.75, 3.05) is 31.6 Å². The summed E-state index contributed by atoms with van der Waals surface area (Å²) in [4.78, 5) is 39.3. The van der Waals surface area contributed by atoms with Crippen LogP contribution < -0.4 is 9.64 Å². The lowest BCUT2D eigenvalue weighted by Gasteiger charge is -2.23. The summed E-state index contributed by atoms with van der Waals surface area (Å²) in [5.41, 5.74) is 1.95. The first-order chi connectivity index (χ1) is 18.1. The Kier molecular flexibility index (Phi) is 10.3. The number of halogens is 6. The molecule has 1 aromatic carbocycles. The lowest BCUT2D eigenvalue weighted by atomic mass is 9.85. The Balaban J connectivity index is 0.000000317. The van der Waals surface area contributed by atoms with Crippen molar-refractivity contribution < 1.29 is 55.7 Å². The SMILES string of the molecule is COc1ccc(CN2CCC3(CCN(c4cccnc4)C3=O)C2)cc1.O=C(O)C(F)(F)F.O=C(O)C(F)(F)F. The Morgan fingerprint density at radius 1 is 0.974 bits per heavy atom. The van der Waals surface area contributed by atoms with Crippen molar-refractivity contribution in [3.05, 3.63) is 54.4 Å². The number of amides is 1. The number of carbonyl (C=O) groups is 3. The van der Waals surface area contributed by atoms with E-state index in [1.54, 1.807) is 19.5 Å². The number of carbonyl (C=O) groups excluding carboxylic acids is 1. The van der Waals surface area contributed by atoms with Gasteiger partial charge in [0.25, 0.3) is 0 Å². The maximum atomic E-state index is 13.1. The summed E-state index contributed by atoms with van der Waals surface area (Å²) in [6.45, 7) is 3.49. The number of hydrogen-bond acceptors (Lipinski definition) is 6. The van der Waals surface area contributed by atoms with Gasteiger partial charge >= 0.3 is 24.3 Å². The zero-order valence-electron chi connectivity index (χ0n) is 20.5. The zero-order chi connectivity index (χ0) is 29.4. The number of anilines is 1. The summed E-state index contributed by atoms with van der Waals surface area (Å²) < 4.78 is 68.7. The third-order valence-electron chi connectivity index (χ3n) is 5.95. The molecule has 0 bridgehead atoms. The Hall–Kier alpha value is -3.88. The lowest BCUT2D eigenvalue weighted by molar-refractivity contribution is -0.193. The van der Waals surface area contributed by atoms with E-state index in [-0.39, 0.29) is 11.3 Å². The average molecular weight is 565 g/mol. The highest BCUT2D eigenvalue weighted by atomic mass is 19.4. The Bertz CT molecular complexity index is 1100. The van der Waals surface area contributed by atoms with Gasteiger partial charge in [-0.25, -0.2) is 9.59 Å². The molecule has 214 valence electrons. The first-order valence-corrected chi connectivity index (χ1v) is 11.3. The smallest absolute Gasteiger partial charge is 0.490 e. The van der Waals surface area contributed by atoms with Gasteiger partial charge < -0.3 is 19.8 Å². The van der Waals surface area contributed by atoms with Crippen molar-refractivity contribution in [1.29, 1.82) is 0 Å². The van der Waals surface area contributed by atoms with Crippen LogP contribution in [0.15, 0.2) is 48.8 Å². The minimum Gasteiger partial charge on any atom is -0.497 e. The number of nitrogens with zero attached hydrogens (tertiary/aromatic N) is 3. The summed E-state index contributed by atoms with van der Waals surface area (Å²) >= 11 is 0. The number of carboxylic acid groups (broad SMARTS) is 2. The zero-order valence-corrected chi connectivity index (χ0v) is 20.5. The van der Waals surface area contributed by atoms with Gasteiger partial charge in [0.05, 0.1) is 24.4 Å². The number of likely N-dealkylation sites (tertiary alicyclic amines) is 1. The summed E-state index contributed by atoms with van der Waals surface area (Å²) in [6, 6.07) is 12.0. The summed E-state index contributed by atoms with van der Waals surface area (Å²) in [7, 11) is 1.68. The fraction of sp³-hybridized carbons (Fsp3) is 0.417. The highest BCUT2D eigenvalue weighted by Gasteiger charge is 2.51. The summed E-state index contributed by atoms with van der Waals surface area (Å²) in [5, 5.41) is 14.2. The van der Waals surface area contributed by atoms with Gasteiger partial charge in [0.2, 0.25) is 5.91 Å². The molecule has 2 fully saturated rings. The maximum Gasteiger partial charge on any atom is 0.490 e. The van der Waals surface area contributed by atoms with E-state index in [1.165, 1.54) is 5.56 Å². The third-order valence-corrected chi connectivity index (χ3v) is 5.95. The number of hydrogen-bond donors (Lipinski definition) is 2. The van der Waals surface area contributed by atoms with Crippen LogP contribution in [0.5, 0.6) is 5.75 Å². The van der Waals surface area contributed by atoms with Crippen LogP contribution in [0.3, 0.4) is 0 Å². The van der Waals surface area contributed by atoms with E-state index in [1.807, 2.05) is 29.2 Å². The molecule has 4 rings (SSSR count). The van der Waals surface area contributed by atoms with Crippen LogP contribution >= 0.6 is 0 Å². The molecule has 2 saturated heterocycles. The standard InChI is InChI=1S/C20H23N3O2.2C2HF3O2/c1-25-18-6-4-16(5-7-18)14-22-11-8-20(15-22)9-12-23(19(20)24)17-3-2-10-21-13-17;2*3-2(4,5)1(6)7/h2-7,10,13H,8-9,11-12,14-15H2,1H3;2*(H,6,7). The van der Waals surface area contributed by atoms with Crippen LogP contribution in [0.2, 0.25) is 0 Å². The fourth-order valence-corrected chi connectivity index (χ4v) is 4.04. The van der Waals surface area contributed by atoms with Crippen molar-refractivity contribution in [3.63, 3.8) is 0 Å². The molecule has 2 aromatic rings. The van der Waals surface area contributed by atoms with Gasteiger partial charge in [-0.3, -0.25) is 14.7 Å². The maximum absolute atomic E-state index is 13.1. The van der Waals surface area contributed by atoms with Gasteiger partial charge in [-0.05, 0) is 49.2 Å². The molecule has 2 aliphatic heterocycles. The molecule has 0 saturated carbocycles. The first kappa shape index (κ1) is 31.3. The van der Waals surface area contributed by atoms with Gasteiger partial charge in [-0.1, -0.05) is 12.1 Å². The molecule has 1 spiro atoms. The highest BCUT2D eigenvalue weighted by molar-refractivity contribution is 6.00. The van der Waals surface area contributed by atoms with Crippen LogP contribution in [-0.4, -0.2) is 77.0 Å². The van der Waals surface area contributed by atoms with Crippen LogP contribution in [0, 0.1) is 5.41 Å². The van der Waals surface area contributed by atoms with Crippen molar-refractivity contribution >= 4 is 23.5 Å². The Morgan fingerprint density at radius 3 is 1.97 bits per heavy atom. The monoisotopic (exact) mass is 565 g/mol. The van der Waals surface area contributed by atoms with Crippen molar-refractivity contribution in [1.82, 2.24) is 9.88 Å². The second kappa shape index (κ2) is 12.8. The average Bonchev–Trinajstić information content (AvgIpc) is 3.42. The predicted molar refractivity (Wildman–Crippen MR) is 124 cm³/mol. The second-order valence-corrected chi connectivity index (χ2v) is 8.61. The molecule has 3 heterocycles. The number of methoxy groups -OCH3 is 1. The van der Waals surface area contributed by atoms with Gasteiger partial charge in [0, 0.05) is 25.8 Å². The molecule has 0 aliphatic carbocycles. The van der Waals surface area contributed by atoms with E-state index in [4.69, 9.17) is 24.5 Å². The fourth-order valence-electron chi connectivity index (χ4n) is 4.04. The molecule has 15 heteroatoms. The van der Waals surface area contributed by atoms with E-state index in [9.17, 15) is 31.1 Å². The molecule has 0 radical (unpaired) electrons. The van der Waals surface area contributed by atoms with E-state index >= 15 is 0 Å². The number of carboxylic acids is 2. The van der Waals surface area contributed by atoms with E-state index in [0.29, 0.717) is 0 Å². The molecular weight excluding hydrogens is 540 g/mol. The van der Waals surface area contributed by atoms with E-state index in [0.717, 1.165) is 50.5 Å². The Labute approximate surface area is 218 Å². The number of rotatable bonds is 4. The summed E-state index contributed by atoms with van der Waals surface area (Å²) in [5.74, 6) is -4.38. The third kappa shape index (κ3) is 8.84. The number of pyridine rings is 1. The number of ether oxygens (including phenoxy) is 1. The predicted octanol–water partition coefficient (Wildman–Crippen LogP) is 3.99. The number of benzene rings is 1. The molecule has 9 nitrogen and oxygen atoms in total. The second-order valence-electron chi connectivity index (χ2n) is 8.61. The van der Waals surface area contributed by atoms with Crippen molar-refractivity contribution in [3.8, 4) is 5.75 Å². The lowest BCUT2D eigenvalue weighted by Crippen LogP contribution is -2.36. The molecule has 2 aliphatic rings. The normalized spacial score (nSPS) is 19.2. The highest BCUT2D eigenvalue weighted by Crippen LogP contribution is 2.42. The first-order valence-electron chi connectivity index (χ1n) is 11.3. The molecule has 1 amide bonds. The molecule has 1 atom stereocenters. The van der Waals surface area contributed by atoms with Gasteiger partial charge in [0.15, 0.2) is 0 Å².